The normalized spacial score (nSPS) is 12.4. The van der Waals surface area contributed by atoms with Gasteiger partial charge in [0.2, 0.25) is 0 Å². The minimum atomic E-state index is -0.268. The molecule has 2 heterocycles. The van der Waals surface area contributed by atoms with Crippen molar-refractivity contribution in [2.45, 2.75) is 26.8 Å². The lowest BCUT2D eigenvalue weighted by Crippen LogP contribution is -2.27. The third kappa shape index (κ3) is 2.76. The summed E-state index contributed by atoms with van der Waals surface area (Å²) in [7, 11) is 1.73. The number of aryl methyl sites for hydroxylation is 3. The van der Waals surface area contributed by atoms with Crippen LogP contribution in [-0.4, -0.2) is 20.7 Å². The maximum Gasteiger partial charge on any atom is 0.274 e. The first-order valence-electron chi connectivity index (χ1n) is 5.92. The molecule has 0 aliphatic carbocycles. The van der Waals surface area contributed by atoms with E-state index in [1.165, 1.54) is 4.68 Å². The van der Waals surface area contributed by atoms with Crippen molar-refractivity contribution in [2.75, 3.05) is 5.73 Å². The quantitative estimate of drug-likeness (QED) is 0.893. The number of hydrogen-bond acceptors (Lipinski definition) is 5. The number of hydrogen-bond donors (Lipinski definition) is 2. The predicted molar refractivity (Wildman–Crippen MR) is 75.1 cm³/mol. The predicted octanol–water partition coefficient (Wildman–Crippen LogP) is 1.57. The molecular weight excluding hydrogens is 262 g/mol. The van der Waals surface area contributed by atoms with Crippen molar-refractivity contribution in [2.24, 2.45) is 7.05 Å². The Kier molecular flexibility index (Phi) is 3.57. The fourth-order valence-corrected chi connectivity index (χ4v) is 2.89. The van der Waals surface area contributed by atoms with Crippen molar-refractivity contribution >= 4 is 22.9 Å². The molecule has 0 saturated heterocycles. The van der Waals surface area contributed by atoms with E-state index in [4.69, 9.17) is 5.73 Å². The van der Waals surface area contributed by atoms with Crippen molar-refractivity contribution in [3.05, 3.63) is 27.5 Å². The van der Waals surface area contributed by atoms with Crippen molar-refractivity contribution in [3.63, 3.8) is 0 Å². The standard InChI is InChI=1S/C12H17N5OS/c1-6-11(19-8(3)14-6)7(2)15-12(18)10-9(13)5-17(4)16-10/h5,7H,13H2,1-4H3,(H,15,18). The highest BCUT2D eigenvalue weighted by Gasteiger charge is 2.19. The summed E-state index contributed by atoms with van der Waals surface area (Å²) in [5, 5.41) is 7.94. The molecule has 0 bridgehead atoms. The van der Waals surface area contributed by atoms with Gasteiger partial charge in [-0.1, -0.05) is 0 Å². The number of carbonyl (C=O) groups excluding carboxylic acids is 1. The lowest BCUT2D eigenvalue weighted by molar-refractivity contribution is 0.0935. The van der Waals surface area contributed by atoms with Gasteiger partial charge in [0.1, 0.15) is 0 Å². The molecule has 0 aromatic carbocycles. The summed E-state index contributed by atoms with van der Waals surface area (Å²) in [6.45, 7) is 5.82. The second kappa shape index (κ2) is 5.00. The van der Waals surface area contributed by atoms with E-state index in [1.54, 1.807) is 24.6 Å². The number of aromatic nitrogens is 3. The summed E-state index contributed by atoms with van der Waals surface area (Å²) in [6, 6.07) is -0.111. The van der Waals surface area contributed by atoms with Crippen LogP contribution in [0, 0.1) is 13.8 Å². The molecule has 0 saturated carbocycles. The number of rotatable bonds is 3. The fourth-order valence-electron chi connectivity index (χ4n) is 1.96. The Bertz CT molecular complexity index is 616. The molecule has 1 amide bonds. The summed E-state index contributed by atoms with van der Waals surface area (Å²) >= 11 is 1.59. The van der Waals surface area contributed by atoms with E-state index >= 15 is 0 Å². The van der Waals surface area contributed by atoms with Gasteiger partial charge in [0.25, 0.3) is 5.91 Å². The van der Waals surface area contributed by atoms with Gasteiger partial charge in [0.05, 0.1) is 22.4 Å². The van der Waals surface area contributed by atoms with Crippen LogP contribution in [0.4, 0.5) is 5.69 Å². The molecule has 3 N–H and O–H groups in total. The molecule has 0 fully saturated rings. The zero-order chi connectivity index (χ0) is 14.2. The van der Waals surface area contributed by atoms with Crippen LogP contribution in [0.2, 0.25) is 0 Å². The molecule has 1 unspecified atom stereocenters. The smallest absolute Gasteiger partial charge is 0.274 e. The highest BCUT2D eigenvalue weighted by molar-refractivity contribution is 7.11. The third-order valence-corrected chi connectivity index (χ3v) is 4.01. The molecule has 1 atom stereocenters. The van der Waals surface area contributed by atoms with Crippen molar-refractivity contribution < 1.29 is 4.79 Å². The van der Waals surface area contributed by atoms with Gasteiger partial charge >= 0.3 is 0 Å². The molecule has 19 heavy (non-hydrogen) atoms. The van der Waals surface area contributed by atoms with Crippen molar-refractivity contribution in [1.82, 2.24) is 20.1 Å². The third-order valence-electron chi connectivity index (χ3n) is 2.75. The number of thiazole rings is 1. The summed E-state index contributed by atoms with van der Waals surface area (Å²) in [5.41, 5.74) is 7.32. The van der Waals surface area contributed by atoms with E-state index in [9.17, 15) is 4.79 Å². The molecule has 102 valence electrons. The minimum Gasteiger partial charge on any atom is -0.396 e. The fraction of sp³-hybridized carbons (Fsp3) is 0.417. The second-order valence-corrected chi connectivity index (χ2v) is 5.72. The zero-order valence-electron chi connectivity index (χ0n) is 11.4. The van der Waals surface area contributed by atoms with E-state index in [0.717, 1.165) is 15.6 Å². The maximum absolute atomic E-state index is 12.1. The Hall–Kier alpha value is -1.89. The van der Waals surface area contributed by atoms with Gasteiger partial charge in [-0.25, -0.2) is 4.98 Å². The van der Waals surface area contributed by atoms with E-state index in [0.29, 0.717) is 5.69 Å². The zero-order valence-corrected chi connectivity index (χ0v) is 12.2. The molecular formula is C12H17N5OS. The molecule has 2 rings (SSSR count). The summed E-state index contributed by atoms with van der Waals surface area (Å²) in [4.78, 5) is 17.5. The van der Waals surface area contributed by atoms with E-state index in [2.05, 4.69) is 15.4 Å². The van der Waals surface area contributed by atoms with Gasteiger partial charge in [0, 0.05) is 18.1 Å². The topological polar surface area (TPSA) is 85.8 Å². The van der Waals surface area contributed by atoms with Crippen LogP contribution >= 0.6 is 11.3 Å². The lowest BCUT2D eigenvalue weighted by atomic mass is 10.2. The Morgan fingerprint density at radius 2 is 2.21 bits per heavy atom. The van der Waals surface area contributed by atoms with Crippen LogP contribution in [0.25, 0.3) is 0 Å². The molecule has 2 aromatic heterocycles. The average molecular weight is 279 g/mol. The number of anilines is 1. The monoisotopic (exact) mass is 279 g/mol. The molecule has 0 spiro atoms. The highest BCUT2D eigenvalue weighted by atomic mass is 32.1. The number of nitrogen functional groups attached to an aromatic ring is 1. The molecule has 0 radical (unpaired) electrons. The summed E-state index contributed by atoms with van der Waals surface area (Å²) in [6.07, 6.45) is 1.61. The number of carbonyl (C=O) groups is 1. The van der Waals surface area contributed by atoms with Crippen molar-refractivity contribution in [1.29, 1.82) is 0 Å². The first-order valence-corrected chi connectivity index (χ1v) is 6.74. The second-order valence-electron chi connectivity index (χ2n) is 4.48. The van der Waals surface area contributed by atoms with Crippen LogP contribution < -0.4 is 11.1 Å². The first-order chi connectivity index (χ1) is 8.88. The Balaban J connectivity index is 2.15. The number of nitrogens with two attached hydrogens (primary N) is 1. The van der Waals surface area contributed by atoms with Crippen LogP contribution in [0.15, 0.2) is 6.20 Å². The Morgan fingerprint density at radius 3 is 2.68 bits per heavy atom. The minimum absolute atomic E-state index is 0.111. The number of nitrogens with zero attached hydrogens (tertiary/aromatic N) is 3. The number of nitrogens with one attached hydrogen (secondary N) is 1. The van der Waals surface area contributed by atoms with Gasteiger partial charge in [-0.05, 0) is 20.8 Å². The van der Waals surface area contributed by atoms with E-state index in [-0.39, 0.29) is 17.6 Å². The van der Waals surface area contributed by atoms with E-state index < -0.39 is 0 Å². The Labute approximate surface area is 115 Å². The highest BCUT2D eigenvalue weighted by Crippen LogP contribution is 2.24. The molecule has 7 heteroatoms. The molecule has 6 nitrogen and oxygen atoms in total. The molecule has 0 aliphatic rings. The summed E-state index contributed by atoms with van der Waals surface area (Å²) in [5.74, 6) is -0.268. The van der Waals surface area contributed by atoms with Gasteiger partial charge in [-0.3, -0.25) is 9.48 Å². The van der Waals surface area contributed by atoms with Crippen LogP contribution in [0.5, 0.6) is 0 Å². The Morgan fingerprint density at radius 1 is 1.53 bits per heavy atom. The lowest BCUT2D eigenvalue weighted by Gasteiger charge is -2.12. The molecule has 0 aliphatic heterocycles. The largest absolute Gasteiger partial charge is 0.396 e. The van der Waals surface area contributed by atoms with Crippen LogP contribution in [0.3, 0.4) is 0 Å². The maximum atomic E-state index is 12.1. The van der Waals surface area contributed by atoms with Gasteiger partial charge in [-0.2, -0.15) is 5.10 Å². The van der Waals surface area contributed by atoms with Crippen LogP contribution in [0.1, 0.15) is 39.0 Å². The van der Waals surface area contributed by atoms with Gasteiger partial charge in [-0.15, -0.1) is 11.3 Å². The SMILES string of the molecule is Cc1nc(C)c(C(C)NC(=O)c2nn(C)cc2N)s1. The van der Waals surface area contributed by atoms with Crippen molar-refractivity contribution in [3.8, 4) is 0 Å². The van der Waals surface area contributed by atoms with E-state index in [1.807, 2.05) is 20.8 Å². The molecule has 2 aromatic rings. The average Bonchev–Trinajstić information content (AvgIpc) is 2.81. The first kappa shape index (κ1) is 13.5. The van der Waals surface area contributed by atoms with Gasteiger partial charge in [0.15, 0.2) is 5.69 Å². The number of amides is 1. The van der Waals surface area contributed by atoms with Crippen LogP contribution in [-0.2, 0) is 7.05 Å². The van der Waals surface area contributed by atoms with Gasteiger partial charge < -0.3 is 11.1 Å². The summed E-state index contributed by atoms with van der Waals surface area (Å²) < 4.78 is 1.52.